The van der Waals surface area contributed by atoms with Crippen molar-refractivity contribution >= 4 is 44.2 Å². The lowest BCUT2D eigenvalue weighted by Gasteiger charge is -2.21. The van der Waals surface area contributed by atoms with Gasteiger partial charge in [0.05, 0.1) is 21.6 Å². The third-order valence-electron chi connectivity index (χ3n) is 4.41. The number of hydrogen-bond acceptors (Lipinski definition) is 4. The summed E-state index contributed by atoms with van der Waals surface area (Å²) in [5.41, 5.74) is -0.351. The lowest BCUT2D eigenvalue weighted by Crippen LogP contribution is -2.33. The maximum absolute atomic E-state index is 14.4. The van der Waals surface area contributed by atoms with Crippen LogP contribution in [0.4, 0.5) is 18.3 Å². The van der Waals surface area contributed by atoms with E-state index in [4.69, 9.17) is 11.6 Å². The van der Waals surface area contributed by atoms with Gasteiger partial charge < -0.3 is 4.57 Å². The number of carbonyl (C=O) groups is 1. The fraction of sp³-hybridized carbons (Fsp3) is 0.150. The summed E-state index contributed by atoms with van der Waals surface area (Å²) in [4.78, 5) is 22.6. The van der Waals surface area contributed by atoms with E-state index in [9.17, 15) is 18.0 Å². The minimum Gasteiger partial charge on any atom is -0.337 e. The van der Waals surface area contributed by atoms with Gasteiger partial charge in [-0.05, 0) is 24.6 Å². The molecule has 0 atom stereocenters. The van der Waals surface area contributed by atoms with Gasteiger partial charge in [-0.25, -0.2) is 23.1 Å². The van der Waals surface area contributed by atoms with Crippen LogP contribution in [-0.2, 0) is 6.54 Å². The summed E-state index contributed by atoms with van der Waals surface area (Å²) in [6.07, 6.45) is 5.53. The Bertz CT molecular complexity index is 1190. The zero-order chi connectivity index (χ0) is 21.3. The molecule has 0 aliphatic rings. The molecule has 4 aromatic rings. The number of aryl methyl sites for hydroxylation is 1. The van der Waals surface area contributed by atoms with Gasteiger partial charge in [-0.15, -0.1) is 0 Å². The van der Waals surface area contributed by atoms with E-state index in [1.54, 1.807) is 18.7 Å². The molecule has 0 spiro atoms. The Morgan fingerprint density at radius 2 is 2.03 bits per heavy atom. The lowest BCUT2D eigenvalue weighted by molar-refractivity contribution is 0.0982. The summed E-state index contributed by atoms with van der Waals surface area (Å²) < 4.78 is 44.1. The van der Waals surface area contributed by atoms with Crippen LogP contribution in [-0.4, -0.2) is 27.0 Å². The number of halogens is 4. The molecule has 0 aliphatic heterocycles. The second kappa shape index (κ2) is 8.45. The zero-order valence-electron chi connectivity index (χ0n) is 15.4. The van der Waals surface area contributed by atoms with E-state index in [0.29, 0.717) is 13.0 Å². The average molecular weight is 451 g/mol. The fourth-order valence-corrected chi connectivity index (χ4v) is 4.29. The molecule has 10 heteroatoms. The molecule has 154 valence electrons. The number of anilines is 1. The molecular weight excluding hydrogens is 437 g/mol. The number of amides is 1. The van der Waals surface area contributed by atoms with Crippen LogP contribution in [0.5, 0.6) is 0 Å². The van der Waals surface area contributed by atoms with E-state index < -0.39 is 23.4 Å². The first-order valence-corrected chi connectivity index (χ1v) is 10.1. The summed E-state index contributed by atoms with van der Waals surface area (Å²) in [7, 11) is 0. The third-order valence-corrected chi connectivity index (χ3v) is 5.75. The first-order valence-electron chi connectivity index (χ1n) is 8.91. The molecule has 0 aliphatic carbocycles. The van der Waals surface area contributed by atoms with E-state index >= 15 is 0 Å². The van der Waals surface area contributed by atoms with Gasteiger partial charge in [-0.1, -0.05) is 29.0 Å². The number of rotatable bonds is 6. The predicted molar refractivity (Wildman–Crippen MR) is 109 cm³/mol. The van der Waals surface area contributed by atoms with Gasteiger partial charge in [0, 0.05) is 31.5 Å². The second-order valence-electron chi connectivity index (χ2n) is 6.44. The molecule has 0 saturated carbocycles. The van der Waals surface area contributed by atoms with Gasteiger partial charge in [-0.3, -0.25) is 9.69 Å². The van der Waals surface area contributed by atoms with Gasteiger partial charge >= 0.3 is 0 Å². The van der Waals surface area contributed by atoms with E-state index in [1.807, 2.05) is 4.57 Å². The summed E-state index contributed by atoms with van der Waals surface area (Å²) in [5.74, 6) is -3.05. The molecule has 0 bridgehead atoms. The highest BCUT2D eigenvalue weighted by molar-refractivity contribution is 7.22. The van der Waals surface area contributed by atoms with Crippen LogP contribution in [0.2, 0.25) is 5.02 Å². The molecule has 2 aromatic heterocycles. The van der Waals surface area contributed by atoms with Crippen LogP contribution in [0.25, 0.3) is 10.2 Å². The number of imidazole rings is 1. The largest absolute Gasteiger partial charge is 0.337 e. The van der Waals surface area contributed by atoms with Crippen LogP contribution in [0.15, 0.2) is 49.1 Å². The summed E-state index contributed by atoms with van der Waals surface area (Å²) >= 11 is 7.02. The maximum Gasteiger partial charge on any atom is 0.264 e. The average Bonchev–Trinajstić information content (AvgIpc) is 3.34. The van der Waals surface area contributed by atoms with Gasteiger partial charge in [0.15, 0.2) is 10.9 Å². The van der Waals surface area contributed by atoms with Crippen LogP contribution >= 0.6 is 22.9 Å². The molecule has 2 aromatic carbocycles. The highest BCUT2D eigenvalue weighted by Crippen LogP contribution is 2.33. The number of aromatic nitrogens is 3. The first kappa shape index (κ1) is 20.4. The van der Waals surface area contributed by atoms with Crippen molar-refractivity contribution in [1.82, 2.24) is 14.5 Å². The Balaban J connectivity index is 1.71. The molecular formula is C20H14ClF3N4OS. The minimum absolute atomic E-state index is 0.0436. The molecule has 5 nitrogen and oxygen atoms in total. The predicted octanol–water partition coefficient (Wildman–Crippen LogP) is 5.30. The van der Waals surface area contributed by atoms with Crippen molar-refractivity contribution in [2.75, 3.05) is 11.4 Å². The Labute approximate surface area is 178 Å². The number of benzene rings is 2. The second-order valence-corrected chi connectivity index (χ2v) is 7.85. The topological polar surface area (TPSA) is 51.0 Å². The summed E-state index contributed by atoms with van der Waals surface area (Å²) in [6.45, 7) is 0.703. The molecule has 4 rings (SSSR count). The Morgan fingerprint density at radius 1 is 1.20 bits per heavy atom. The van der Waals surface area contributed by atoms with Crippen molar-refractivity contribution in [3.05, 3.63) is 77.1 Å². The molecule has 2 heterocycles. The van der Waals surface area contributed by atoms with Gasteiger partial charge in [-0.2, -0.15) is 0 Å². The van der Waals surface area contributed by atoms with Gasteiger partial charge in [0.25, 0.3) is 5.91 Å². The number of fused-ring (bicyclic) bond motifs is 1. The molecule has 30 heavy (non-hydrogen) atoms. The fourth-order valence-electron chi connectivity index (χ4n) is 3.01. The lowest BCUT2D eigenvalue weighted by atomic mass is 10.2. The van der Waals surface area contributed by atoms with Gasteiger partial charge in [0.1, 0.15) is 17.2 Å². The number of thiazole rings is 1. The number of nitrogens with zero attached hydrogens (tertiary/aromatic N) is 4. The van der Waals surface area contributed by atoms with Crippen LogP contribution in [0.3, 0.4) is 0 Å². The van der Waals surface area contributed by atoms with Crippen LogP contribution < -0.4 is 4.90 Å². The molecule has 0 unspecified atom stereocenters. The smallest absolute Gasteiger partial charge is 0.264 e. The van der Waals surface area contributed by atoms with Crippen molar-refractivity contribution in [3.63, 3.8) is 0 Å². The molecule has 0 N–H and O–H groups in total. The Hall–Kier alpha value is -2.91. The maximum atomic E-state index is 14.4. The van der Waals surface area contributed by atoms with E-state index in [0.717, 1.165) is 29.5 Å². The first-order chi connectivity index (χ1) is 14.4. The van der Waals surface area contributed by atoms with Crippen LogP contribution in [0.1, 0.15) is 16.8 Å². The van der Waals surface area contributed by atoms with E-state index in [2.05, 4.69) is 9.97 Å². The quantitative estimate of drug-likeness (QED) is 0.400. The molecule has 1 amide bonds. The molecule has 0 radical (unpaired) electrons. The van der Waals surface area contributed by atoms with Crippen LogP contribution in [0, 0.1) is 17.5 Å². The van der Waals surface area contributed by atoms with Crippen molar-refractivity contribution in [1.29, 1.82) is 0 Å². The van der Waals surface area contributed by atoms with Crippen molar-refractivity contribution in [2.24, 2.45) is 0 Å². The molecule has 0 fully saturated rings. The zero-order valence-corrected chi connectivity index (χ0v) is 16.9. The van der Waals surface area contributed by atoms with Crippen molar-refractivity contribution in [3.8, 4) is 0 Å². The monoisotopic (exact) mass is 450 g/mol. The standard InChI is InChI=1S/C20H14ClF3N4OS/c21-13-3-1-4-14(23)17(13)19(29)28(7-2-6-27-8-5-25-11-27)20-26-18-15(24)9-12(22)10-16(18)30-20/h1,3-5,8-11H,2,6-7H2. The Kier molecular flexibility index (Phi) is 5.74. The van der Waals surface area contributed by atoms with Crippen molar-refractivity contribution in [2.45, 2.75) is 13.0 Å². The highest BCUT2D eigenvalue weighted by atomic mass is 35.5. The Morgan fingerprint density at radius 3 is 2.77 bits per heavy atom. The normalized spacial score (nSPS) is 11.2. The molecule has 0 saturated heterocycles. The summed E-state index contributed by atoms with van der Waals surface area (Å²) in [6, 6.07) is 5.81. The van der Waals surface area contributed by atoms with Gasteiger partial charge in [0.2, 0.25) is 0 Å². The minimum atomic E-state index is -0.831. The van der Waals surface area contributed by atoms with Crippen molar-refractivity contribution < 1.29 is 18.0 Å². The SMILES string of the molecule is O=C(c1c(F)cccc1Cl)N(CCCn1ccnc1)c1nc2c(F)cc(F)cc2s1. The number of hydrogen-bond donors (Lipinski definition) is 0. The third kappa shape index (κ3) is 4.03. The van der Waals surface area contributed by atoms with E-state index in [1.165, 1.54) is 17.0 Å². The number of carbonyl (C=O) groups excluding carboxylic acids is 1. The summed E-state index contributed by atoms with van der Waals surface area (Å²) in [5, 5.41) is 0.0856. The highest BCUT2D eigenvalue weighted by Gasteiger charge is 2.26. The van der Waals surface area contributed by atoms with E-state index in [-0.39, 0.29) is 32.5 Å².